The van der Waals surface area contributed by atoms with Gasteiger partial charge in [-0.15, -0.1) is 0 Å². The molecule has 118 valence electrons. The van der Waals surface area contributed by atoms with Crippen LogP contribution in [0.3, 0.4) is 0 Å². The van der Waals surface area contributed by atoms with Crippen LogP contribution in [0.25, 0.3) is 6.08 Å². The zero-order valence-corrected chi connectivity index (χ0v) is 13.1. The summed E-state index contributed by atoms with van der Waals surface area (Å²) >= 11 is 0. The van der Waals surface area contributed by atoms with Gasteiger partial charge in [-0.3, -0.25) is 4.79 Å². The van der Waals surface area contributed by atoms with Crippen LogP contribution in [0.4, 0.5) is 5.69 Å². The molecule has 0 aliphatic carbocycles. The van der Waals surface area contributed by atoms with E-state index in [1.54, 1.807) is 19.1 Å². The third-order valence-corrected chi connectivity index (χ3v) is 3.57. The van der Waals surface area contributed by atoms with Crippen LogP contribution >= 0.6 is 0 Å². The van der Waals surface area contributed by atoms with Gasteiger partial charge in [-0.25, -0.2) is 0 Å². The summed E-state index contributed by atoms with van der Waals surface area (Å²) in [6, 6.07) is 18.5. The van der Waals surface area contributed by atoms with Gasteiger partial charge in [0.1, 0.15) is 11.8 Å². The zero-order chi connectivity index (χ0) is 16.9. The van der Waals surface area contributed by atoms with Gasteiger partial charge < -0.3 is 4.74 Å². The van der Waals surface area contributed by atoms with E-state index in [0.29, 0.717) is 17.0 Å². The van der Waals surface area contributed by atoms with Crippen molar-refractivity contribution >= 4 is 23.4 Å². The lowest BCUT2D eigenvalue weighted by Crippen LogP contribution is -2.21. The third-order valence-electron chi connectivity index (χ3n) is 3.57. The van der Waals surface area contributed by atoms with Crippen molar-refractivity contribution in [1.82, 2.24) is 0 Å². The first-order chi connectivity index (χ1) is 11.7. The van der Waals surface area contributed by atoms with Crippen LogP contribution in [0.1, 0.15) is 12.5 Å². The molecule has 0 saturated carbocycles. The van der Waals surface area contributed by atoms with Gasteiger partial charge in [-0.2, -0.15) is 15.4 Å². The number of carbonyl (C=O) groups is 1. The molecule has 5 heteroatoms. The predicted octanol–water partition coefficient (Wildman–Crippen LogP) is 3.40. The van der Waals surface area contributed by atoms with Crippen LogP contribution in [-0.4, -0.2) is 18.2 Å². The molecule has 1 aliphatic heterocycles. The molecule has 24 heavy (non-hydrogen) atoms. The highest BCUT2D eigenvalue weighted by atomic mass is 16.5. The Kier molecular flexibility index (Phi) is 4.39. The molecule has 0 spiro atoms. The first-order valence-electron chi connectivity index (χ1n) is 7.46. The van der Waals surface area contributed by atoms with Gasteiger partial charge in [-0.1, -0.05) is 36.4 Å². The highest BCUT2D eigenvalue weighted by molar-refractivity contribution is 6.32. The topological polar surface area (TPSA) is 65.7 Å². The number of para-hydroxylation sites is 2. The molecule has 2 aromatic carbocycles. The molecule has 0 saturated heterocycles. The Balaban J connectivity index is 1.94. The monoisotopic (exact) mass is 317 g/mol. The smallest absolute Gasteiger partial charge is 0.280 e. The number of ether oxygens (including phenoxy) is 1. The quantitative estimate of drug-likeness (QED) is 0.812. The van der Waals surface area contributed by atoms with E-state index in [1.807, 2.05) is 54.6 Å². The summed E-state index contributed by atoms with van der Waals surface area (Å²) in [4.78, 5) is 12.7. The van der Waals surface area contributed by atoms with Gasteiger partial charge in [0.05, 0.1) is 17.0 Å². The normalized spacial score (nSPS) is 15.3. The Hall–Kier alpha value is -3.39. The summed E-state index contributed by atoms with van der Waals surface area (Å²) in [5, 5.41) is 14.4. The van der Waals surface area contributed by atoms with Crippen molar-refractivity contribution in [2.24, 2.45) is 5.10 Å². The summed E-state index contributed by atoms with van der Waals surface area (Å²) < 4.78 is 5.41. The second-order valence-electron chi connectivity index (χ2n) is 5.18. The zero-order valence-electron chi connectivity index (χ0n) is 13.1. The molecule has 0 atom stereocenters. The number of nitriles is 1. The Morgan fingerprint density at radius 2 is 1.88 bits per heavy atom. The van der Waals surface area contributed by atoms with Gasteiger partial charge in [0.25, 0.3) is 5.91 Å². The molecular formula is C19H15N3O2. The lowest BCUT2D eigenvalue weighted by atomic mass is 10.1. The molecule has 1 amide bonds. The molecule has 2 aromatic rings. The van der Waals surface area contributed by atoms with Gasteiger partial charge in [-0.05, 0) is 31.2 Å². The maximum Gasteiger partial charge on any atom is 0.280 e. The van der Waals surface area contributed by atoms with Crippen LogP contribution in [0.5, 0.6) is 5.75 Å². The highest BCUT2D eigenvalue weighted by Crippen LogP contribution is 2.27. The second kappa shape index (κ2) is 6.80. The van der Waals surface area contributed by atoms with E-state index >= 15 is 0 Å². The summed E-state index contributed by atoms with van der Waals surface area (Å²) in [6.07, 6.45) is 1.75. The summed E-state index contributed by atoms with van der Waals surface area (Å²) in [5.74, 6) is 0.374. The summed E-state index contributed by atoms with van der Waals surface area (Å²) in [7, 11) is 0. The van der Waals surface area contributed by atoms with Crippen LogP contribution in [0.2, 0.25) is 0 Å². The number of hydrogen-bond donors (Lipinski definition) is 0. The minimum atomic E-state index is -0.186. The average molecular weight is 317 g/mol. The van der Waals surface area contributed by atoms with Crippen molar-refractivity contribution in [3.63, 3.8) is 0 Å². The fraction of sp³-hybridized carbons (Fsp3) is 0.105. The van der Waals surface area contributed by atoms with Crippen LogP contribution < -0.4 is 9.75 Å². The number of carbonyl (C=O) groups excluding carboxylic acids is 1. The van der Waals surface area contributed by atoms with E-state index in [-0.39, 0.29) is 12.5 Å². The fourth-order valence-electron chi connectivity index (χ4n) is 2.43. The second-order valence-corrected chi connectivity index (χ2v) is 5.18. The van der Waals surface area contributed by atoms with Crippen LogP contribution in [0, 0.1) is 11.3 Å². The lowest BCUT2D eigenvalue weighted by molar-refractivity contribution is -0.114. The predicted molar refractivity (Wildman–Crippen MR) is 92.6 cm³/mol. The number of anilines is 1. The van der Waals surface area contributed by atoms with Crippen molar-refractivity contribution < 1.29 is 9.53 Å². The molecule has 5 nitrogen and oxygen atoms in total. The molecular weight excluding hydrogens is 302 g/mol. The van der Waals surface area contributed by atoms with Gasteiger partial charge in [0, 0.05) is 5.56 Å². The Bertz CT molecular complexity index is 864. The van der Waals surface area contributed by atoms with Gasteiger partial charge in [0.15, 0.2) is 6.61 Å². The first-order valence-corrected chi connectivity index (χ1v) is 7.46. The number of hydrogen-bond acceptors (Lipinski definition) is 4. The Labute approximate surface area is 140 Å². The highest BCUT2D eigenvalue weighted by Gasteiger charge is 2.28. The SMILES string of the molecule is CC1=NN(c2ccccc2)C(=O)/C1=C/c1ccccc1OCC#N. The molecule has 0 fully saturated rings. The van der Waals surface area contributed by atoms with Gasteiger partial charge in [0.2, 0.25) is 0 Å². The molecule has 0 aromatic heterocycles. The molecule has 0 unspecified atom stereocenters. The molecule has 0 bridgehead atoms. The number of benzene rings is 2. The average Bonchev–Trinajstić information content (AvgIpc) is 2.90. The molecule has 1 heterocycles. The Morgan fingerprint density at radius 1 is 1.17 bits per heavy atom. The van der Waals surface area contributed by atoms with Crippen molar-refractivity contribution in [3.8, 4) is 11.8 Å². The van der Waals surface area contributed by atoms with Crippen molar-refractivity contribution in [1.29, 1.82) is 5.26 Å². The van der Waals surface area contributed by atoms with Crippen LogP contribution in [0.15, 0.2) is 65.3 Å². The maximum atomic E-state index is 12.7. The largest absolute Gasteiger partial charge is 0.478 e. The van der Waals surface area contributed by atoms with E-state index in [1.165, 1.54) is 5.01 Å². The summed E-state index contributed by atoms with van der Waals surface area (Å²) in [6.45, 7) is 1.75. The maximum absolute atomic E-state index is 12.7. The van der Waals surface area contributed by atoms with Crippen molar-refractivity contribution in [3.05, 3.63) is 65.7 Å². The van der Waals surface area contributed by atoms with Crippen molar-refractivity contribution in [2.75, 3.05) is 11.6 Å². The minimum absolute atomic E-state index is 0.0443. The van der Waals surface area contributed by atoms with E-state index in [0.717, 1.165) is 11.3 Å². The van der Waals surface area contributed by atoms with Crippen LogP contribution in [-0.2, 0) is 4.79 Å². The van der Waals surface area contributed by atoms with E-state index in [4.69, 9.17) is 10.00 Å². The summed E-state index contributed by atoms with van der Waals surface area (Å²) in [5.41, 5.74) is 2.60. The first kappa shape index (κ1) is 15.5. The number of amides is 1. The van der Waals surface area contributed by atoms with E-state index < -0.39 is 0 Å². The lowest BCUT2D eigenvalue weighted by Gasteiger charge is -2.11. The Morgan fingerprint density at radius 3 is 2.62 bits per heavy atom. The number of nitrogens with zero attached hydrogens (tertiary/aromatic N) is 3. The standard InChI is InChI=1S/C19H15N3O2/c1-14-17(13-15-7-5-6-10-18(15)24-12-11-20)19(23)22(21-14)16-8-3-2-4-9-16/h2-10,13H,12H2,1H3/b17-13+. The molecule has 1 aliphatic rings. The number of hydrazone groups is 1. The molecule has 0 radical (unpaired) electrons. The molecule has 3 rings (SSSR count). The molecule has 0 N–H and O–H groups in total. The van der Waals surface area contributed by atoms with E-state index in [9.17, 15) is 4.79 Å². The number of rotatable bonds is 4. The van der Waals surface area contributed by atoms with Gasteiger partial charge >= 0.3 is 0 Å². The fourth-order valence-corrected chi connectivity index (χ4v) is 2.43. The van der Waals surface area contributed by atoms with Crippen molar-refractivity contribution in [2.45, 2.75) is 6.92 Å². The third kappa shape index (κ3) is 3.03. The van der Waals surface area contributed by atoms with E-state index in [2.05, 4.69) is 5.10 Å². The minimum Gasteiger partial charge on any atom is -0.478 e.